The zero-order chi connectivity index (χ0) is 14.6. The molecule has 1 heteroatoms. The molecule has 3 aliphatic carbocycles. The van der Waals surface area contributed by atoms with Crippen LogP contribution >= 0.6 is 0 Å². The summed E-state index contributed by atoms with van der Waals surface area (Å²) >= 11 is 0. The topological polar surface area (TPSA) is 12.0 Å². The van der Waals surface area contributed by atoms with Crippen molar-refractivity contribution in [3.8, 4) is 0 Å². The molecule has 0 heterocycles. The van der Waals surface area contributed by atoms with Gasteiger partial charge in [-0.25, -0.2) is 0 Å². The van der Waals surface area contributed by atoms with E-state index < -0.39 is 0 Å². The molecular weight excluding hydrogens is 254 g/mol. The zero-order valence-electron chi connectivity index (χ0n) is 13.7. The Labute approximate surface area is 129 Å². The molecule has 3 saturated carbocycles. The Bertz CT molecular complexity index is 510. The van der Waals surface area contributed by atoms with E-state index >= 15 is 0 Å². The predicted molar refractivity (Wildman–Crippen MR) is 89.6 cm³/mol. The number of fused-ring (bicyclic) bond motifs is 5. The third kappa shape index (κ3) is 2.29. The van der Waals surface area contributed by atoms with Gasteiger partial charge in [0.25, 0.3) is 0 Å². The minimum Gasteiger partial charge on any atom is -0.382 e. The first-order valence-electron chi connectivity index (χ1n) is 8.89. The van der Waals surface area contributed by atoms with Gasteiger partial charge in [-0.2, -0.15) is 0 Å². The maximum absolute atomic E-state index is 3.86. The Morgan fingerprint density at radius 1 is 0.905 bits per heavy atom. The third-order valence-electron chi connectivity index (χ3n) is 6.53. The highest BCUT2D eigenvalue weighted by atomic mass is 14.9. The first-order chi connectivity index (χ1) is 10.0. The van der Waals surface area contributed by atoms with Gasteiger partial charge in [-0.05, 0) is 72.5 Å². The van der Waals surface area contributed by atoms with Crippen molar-refractivity contribution >= 4 is 5.69 Å². The van der Waals surface area contributed by atoms with Crippen LogP contribution in [0, 0.1) is 23.7 Å². The Kier molecular flexibility index (Phi) is 3.10. The van der Waals surface area contributed by atoms with Crippen LogP contribution in [-0.2, 0) is 5.41 Å². The highest BCUT2D eigenvalue weighted by Gasteiger charge is 2.53. The van der Waals surface area contributed by atoms with Crippen molar-refractivity contribution in [3.05, 3.63) is 29.8 Å². The first kappa shape index (κ1) is 13.7. The van der Waals surface area contributed by atoms with Crippen LogP contribution in [0.15, 0.2) is 24.3 Å². The van der Waals surface area contributed by atoms with E-state index in [-0.39, 0.29) is 5.41 Å². The second-order valence-electron chi connectivity index (χ2n) is 8.73. The molecule has 5 atom stereocenters. The molecule has 2 bridgehead atoms. The highest BCUT2D eigenvalue weighted by molar-refractivity contribution is 5.47. The summed E-state index contributed by atoms with van der Waals surface area (Å²) in [7, 11) is 0. The third-order valence-corrected chi connectivity index (χ3v) is 6.53. The maximum Gasteiger partial charge on any atom is 0.0342 e. The smallest absolute Gasteiger partial charge is 0.0342 e. The van der Waals surface area contributed by atoms with Crippen molar-refractivity contribution in [3.63, 3.8) is 0 Å². The second kappa shape index (κ2) is 4.76. The number of benzene rings is 1. The maximum atomic E-state index is 3.86. The van der Waals surface area contributed by atoms with Gasteiger partial charge in [0, 0.05) is 11.7 Å². The van der Waals surface area contributed by atoms with Crippen molar-refractivity contribution in [1.29, 1.82) is 0 Å². The van der Waals surface area contributed by atoms with E-state index in [1.165, 1.54) is 43.4 Å². The second-order valence-corrected chi connectivity index (χ2v) is 8.73. The van der Waals surface area contributed by atoms with Crippen LogP contribution in [0.3, 0.4) is 0 Å². The first-order valence-corrected chi connectivity index (χ1v) is 8.89. The minimum absolute atomic E-state index is 0.252. The molecule has 0 aromatic heterocycles. The van der Waals surface area contributed by atoms with Crippen molar-refractivity contribution in [2.75, 3.05) is 5.32 Å². The van der Waals surface area contributed by atoms with Gasteiger partial charge in [0.2, 0.25) is 0 Å². The quantitative estimate of drug-likeness (QED) is 0.784. The summed E-state index contributed by atoms with van der Waals surface area (Å²) in [4.78, 5) is 0. The Morgan fingerprint density at radius 2 is 1.62 bits per heavy atom. The molecule has 0 spiro atoms. The summed E-state index contributed by atoms with van der Waals surface area (Å²) in [6.07, 6.45) is 7.46. The molecule has 4 rings (SSSR count). The monoisotopic (exact) mass is 283 g/mol. The summed E-state index contributed by atoms with van der Waals surface area (Å²) in [5, 5.41) is 3.86. The van der Waals surface area contributed by atoms with Crippen LogP contribution < -0.4 is 5.32 Å². The zero-order valence-corrected chi connectivity index (χ0v) is 13.7. The SMILES string of the molecule is CC(C)(C)c1ccc(NC2CC3CC2C2CCCC32)cc1. The number of rotatable bonds is 2. The molecule has 5 unspecified atom stereocenters. The lowest BCUT2D eigenvalue weighted by Gasteiger charge is -2.32. The lowest BCUT2D eigenvalue weighted by atomic mass is 9.79. The molecular formula is C20H29N. The summed E-state index contributed by atoms with van der Waals surface area (Å²) in [5.74, 6) is 4.14. The van der Waals surface area contributed by atoms with E-state index in [4.69, 9.17) is 0 Å². The molecule has 1 aromatic rings. The Balaban J connectivity index is 1.45. The fourth-order valence-electron chi connectivity index (χ4n) is 5.51. The van der Waals surface area contributed by atoms with Crippen LogP contribution in [0.25, 0.3) is 0 Å². The molecule has 0 aliphatic heterocycles. The van der Waals surface area contributed by atoms with Gasteiger partial charge in [0.15, 0.2) is 0 Å². The molecule has 3 fully saturated rings. The summed E-state index contributed by atoms with van der Waals surface area (Å²) in [5.41, 5.74) is 3.01. The van der Waals surface area contributed by atoms with Gasteiger partial charge >= 0.3 is 0 Å². The standard InChI is InChI=1S/C20H29N/c1-20(2,3)14-7-9-15(10-8-14)21-19-12-13-11-18(19)17-6-4-5-16(13)17/h7-10,13,16-19,21H,4-6,11-12H2,1-3H3. The molecule has 0 saturated heterocycles. The van der Waals surface area contributed by atoms with E-state index in [0.717, 1.165) is 29.7 Å². The Hall–Kier alpha value is -0.980. The average molecular weight is 283 g/mol. The minimum atomic E-state index is 0.252. The van der Waals surface area contributed by atoms with Gasteiger partial charge in [0.05, 0.1) is 0 Å². The molecule has 21 heavy (non-hydrogen) atoms. The van der Waals surface area contributed by atoms with Crippen molar-refractivity contribution in [1.82, 2.24) is 0 Å². The van der Waals surface area contributed by atoms with Crippen LogP contribution in [-0.4, -0.2) is 6.04 Å². The van der Waals surface area contributed by atoms with E-state index in [2.05, 4.69) is 50.4 Å². The Morgan fingerprint density at radius 3 is 2.33 bits per heavy atom. The molecule has 1 N–H and O–H groups in total. The van der Waals surface area contributed by atoms with Crippen LogP contribution in [0.4, 0.5) is 5.69 Å². The van der Waals surface area contributed by atoms with E-state index in [1.807, 2.05) is 0 Å². The van der Waals surface area contributed by atoms with E-state index in [1.54, 1.807) is 0 Å². The molecule has 3 aliphatic rings. The fourth-order valence-corrected chi connectivity index (χ4v) is 5.51. The van der Waals surface area contributed by atoms with E-state index in [0.29, 0.717) is 0 Å². The number of hydrogen-bond donors (Lipinski definition) is 1. The van der Waals surface area contributed by atoms with Gasteiger partial charge in [-0.1, -0.05) is 39.3 Å². The van der Waals surface area contributed by atoms with Crippen molar-refractivity contribution in [2.24, 2.45) is 23.7 Å². The largest absolute Gasteiger partial charge is 0.382 e. The van der Waals surface area contributed by atoms with Crippen LogP contribution in [0.2, 0.25) is 0 Å². The fraction of sp³-hybridized carbons (Fsp3) is 0.700. The molecule has 1 nitrogen and oxygen atoms in total. The lowest BCUT2D eigenvalue weighted by Crippen LogP contribution is -2.33. The molecule has 1 aromatic carbocycles. The number of nitrogens with one attached hydrogen (secondary N) is 1. The summed E-state index contributed by atoms with van der Waals surface area (Å²) in [6.45, 7) is 6.85. The number of anilines is 1. The van der Waals surface area contributed by atoms with E-state index in [9.17, 15) is 0 Å². The molecule has 0 amide bonds. The summed E-state index contributed by atoms with van der Waals surface area (Å²) < 4.78 is 0. The van der Waals surface area contributed by atoms with Gasteiger partial charge in [0.1, 0.15) is 0 Å². The van der Waals surface area contributed by atoms with Crippen LogP contribution in [0.5, 0.6) is 0 Å². The predicted octanol–water partition coefficient (Wildman–Crippen LogP) is 5.22. The molecule has 0 radical (unpaired) electrons. The van der Waals surface area contributed by atoms with Crippen molar-refractivity contribution in [2.45, 2.75) is 64.3 Å². The van der Waals surface area contributed by atoms with Crippen molar-refractivity contribution < 1.29 is 0 Å². The lowest BCUT2D eigenvalue weighted by molar-refractivity contribution is 0.243. The highest BCUT2D eigenvalue weighted by Crippen LogP contribution is 2.59. The number of hydrogen-bond acceptors (Lipinski definition) is 1. The summed E-state index contributed by atoms with van der Waals surface area (Å²) in [6, 6.07) is 9.93. The normalized spacial score (nSPS) is 37.8. The van der Waals surface area contributed by atoms with Crippen LogP contribution in [0.1, 0.15) is 58.4 Å². The molecule has 114 valence electrons. The van der Waals surface area contributed by atoms with Gasteiger partial charge in [-0.15, -0.1) is 0 Å². The average Bonchev–Trinajstić information content (AvgIpc) is 3.10. The van der Waals surface area contributed by atoms with Gasteiger partial charge < -0.3 is 5.32 Å². The van der Waals surface area contributed by atoms with Gasteiger partial charge in [-0.3, -0.25) is 0 Å².